The van der Waals surface area contributed by atoms with Crippen LogP contribution in [-0.2, 0) is 4.74 Å². The second kappa shape index (κ2) is 8.11. The molecule has 156 valence electrons. The summed E-state index contributed by atoms with van der Waals surface area (Å²) < 4.78 is 6.56. The summed E-state index contributed by atoms with van der Waals surface area (Å²) in [5, 5.41) is 12.3. The lowest BCUT2D eigenvalue weighted by Gasteiger charge is -2.43. The third-order valence-corrected chi connectivity index (χ3v) is 6.80. The molecule has 0 saturated heterocycles. The standard InChI is InChI=1S/C24H27N3O2S/c1-5-17-13-26(23(25)19-14-30-22-10-8-7-9-18(19)22)20-11-15(3)16(4)12-21(20)27(17)24(28)29-6-2/h7-12,14,17,25H,5-6,13H2,1-4H3. The number of carbonyl (C=O) groups is 1. The van der Waals surface area contributed by atoms with Gasteiger partial charge in [0.05, 0.1) is 24.0 Å². The average molecular weight is 422 g/mol. The Morgan fingerprint density at radius 3 is 2.57 bits per heavy atom. The summed E-state index contributed by atoms with van der Waals surface area (Å²) in [6, 6.07) is 12.3. The lowest BCUT2D eigenvalue weighted by molar-refractivity contribution is 0.156. The molecule has 4 rings (SSSR count). The summed E-state index contributed by atoms with van der Waals surface area (Å²) in [5.41, 5.74) is 4.89. The third kappa shape index (κ3) is 3.35. The number of benzene rings is 2. The number of fused-ring (bicyclic) bond motifs is 2. The van der Waals surface area contributed by atoms with Crippen molar-refractivity contribution in [1.82, 2.24) is 0 Å². The predicted octanol–water partition coefficient (Wildman–Crippen LogP) is 6.11. The number of nitrogens with zero attached hydrogens (tertiary/aromatic N) is 2. The second-order valence-electron chi connectivity index (χ2n) is 7.66. The smallest absolute Gasteiger partial charge is 0.414 e. The lowest BCUT2D eigenvalue weighted by atomic mass is 9.99. The van der Waals surface area contributed by atoms with E-state index in [0.29, 0.717) is 19.0 Å². The molecule has 2 aromatic carbocycles. The number of hydrogen-bond acceptors (Lipinski definition) is 4. The Bertz CT molecular complexity index is 1120. The number of ether oxygens (including phenoxy) is 1. The van der Waals surface area contributed by atoms with Crippen LogP contribution in [0.2, 0.25) is 0 Å². The Morgan fingerprint density at radius 2 is 1.87 bits per heavy atom. The van der Waals surface area contributed by atoms with Gasteiger partial charge >= 0.3 is 6.09 Å². The predicted molar refractivity (Wildman–Crippen MR) is 125 cm³/mol. The number of amides is 1. The van der Waals surface area contributed by atoms with Crippen molar-refractivity contribution in [2.24, 2.45) is 0 Å². The first-order valence-electron chi connectivity index (χ1n) is 10.4. The van der Waals surface area contributed by atoms with Crippen LogP contribution in [0.25, 0.3) is 10.1 Å². The number of thiophene rings is 1. The highest BCUT2D eigenvalue weighted by atomic mass is 32.1. The summed E-state index contributed by atoms with van der Waals surface area (Å²) in [7, 11) is 0. The second-order valence-corrected chi connectivity index (χ2v) is 8.57. The van der Waals surface area contributed by atoms with E-state index in [1.165, 1.54) is 4.70 Å². The van der Waals surface area contributed by atoms with Crippen molar-refractivity contribution in [1.29, 1.82) is 5.41 Å². The number of amidine groups is 1. The zero-order chi connectivity index (χ0) is 21.4. The van der Waals surface area contributed by atoms with Crippen molar-refractivity contribution in [3.8, 4) is 0 Å². The molecule has 6 heteroatoms. The lowest BCUT2D eigenvalue weighted by Crippen LogP contribution is -2.53. The molecule has 1 aliphatic heterocycles. The van der Waals surface area contributed by atoms with Gasteiger partial charge in [0, 0.05) is 27.6 Å². The molecule has 1 N–H and O–H groups in total. The number of nitrogens with one attached hydrogen (secondary N) is 1. The molecular weight excluding hydrogens is 394 g/mol. The molecule has 0 fully saturated rings. The largest absolute Gasteiger partial charge is 0.449 e. The maximum absolute atomic E-state index is 12.8. The Kier molecular flexibility index (Phi) is 5.52. The average Bonchev–Trinajstić information content (AvgIpc) is 3.17. The minimum absolute atomic E-state index is 0.0658. The van der Waals surface area contributed by atoms with E-state index in [0.717, 1.165) is 39.9 Å². The Balaban J connectivity index is 1.84. The van der Waals surface area contributed by atoms with E-state index >= 15 is 0 Å². The fourth-order valence-corrected chi connectivity index (χ4v) is 5.00. The molecule has 1 atom stereocenters. The number of carbonyl (C=O) groups excluding carboxylic acids is 1. The van der Waals surface area contributed by atoms with Gasteiger partial charge in [-0.15, -0.1) is 11.3 Å². The molecule has 0 spiro atoms. The van der Waals surface area contributed by atoms with Crippen LogP contribution in [-0.4, -0.2) is 31.1 Å². The van der Waals surface area contributed by atoms with E-state index in [9.17, 15) is 4.79 Å². The van der Waals surface area contributed by atoms with Gasteiger partial charge in [0.15, 0.2) is 0 Å². The number of anilines is 2. The molecule has 0 saturated carbocycles. The fraction of sp³-hybridized carbons (Fsp3) is 0.333. The van der Waals surface area contributed by atoms with Crippen LogP contribution < -0.4 is 9.80 Å². The first-order valence-corrected chi connectivity index (χ1v) is 11.2. The first kappa shape index (κ1) is 20.4. The molecule has 1 aromatic heterocycles. The highest BCUT2D eigenvalue weighted by molar-refractivity contribution is 7.17. The van der Waals surface area contributed by atoms with Gasteiger partial charge < -0.3 is 9.64 Å². The Hall–Kier alpha value is -2.86. The van der Waals surface area contributed by atoms with E-state index in [1.54, 1.807) is 16.2 Å². The molecule has 1 amide bonds. The summed E-state index contributed by atoms with van der Waals surface area (Å²) in [6.45, 7) is 8.92. The van der Waals surface area contributed by atoms with Gasteiger partial charge in [-0.05, 0) is 56.5 Å². The van der Waals surface area contributed by atoms with E-state index in [4.69, 9.17) is 10.1 Å². The maximum Gasteiger partial charge on any atom is 0.414 e. The quantitative estimate of drug-likeness (QED) is 0.410. The fourth-order valence-electron chi connectivity index (χ4n) is 4.05. The molecule has 0 bridgehead atoms. The molecule has 2 heterocycles. The van der Waals surface area contributed by atoms with Gasteiger partial charge in [-0.1, -0.05) is 25.1 Å². The van der Waals surface area contributed by atoms with Crippen molar-refractivity contribution in [3.05, 3.63) is 58.5 Å². The van der Waals surface area contributed by atoms with Crippen LogP contribution in [0.5, 0.6) is 0 Å². The van der Waals surface area contributed by atoms with Crippen molar-refractivity contribution in [3.63, 3.8) is 0 Å². The van der Waals surface area contributed by atoms with Gasteiger partial charge in [0.1, 0.15) is 5.84 Å². The van der Waals surface area contributed by atoms with Crippen molar-refractivity contribution in [2.75, 3.05) is 23.0 Å². The minimum Gasteiger partial charge on any atom is -0.449 e. The highest BCUT2D eigenvalue weighted by Gasteiger charge is 2.37. The summed E-state index contributed by atoms with van der Waals surface area (Å²) in [6.07, 6.45) is 0.459. The molecule has 5 nitrogen and oxygen atoms in total. The maximum atomic E-state index is 12.8. The topological polar surface area (TPSA) is 56.6 Å². The van der Waals surface area contributed by atoms with Crippen molar-refractivity contribution < 1.29 is 9.53 Å². The van der Waals surface area contributed by atoms with Gasteiger partial charge in [0.25, 0.3) is 0 Å². The first-order chi connectivity index (χ1) is 14.5. The van der Waals surface area contributed by atoms with E-state index < -0.39 is 0 Å². The zero-order valence-corrected chi connectivity index (χ0v) is 18.7. The van der Waals surface area contributed by atoms with Crippen LogP contribution in [0.1, 0.15) is 37.0 Å². The highest BCUT2D eigenvalue weighted by Crippen LogP contribution is 2.40. The molecule has 1 aliphatic rings. The van der Waals surface area contributed by atoms with E-state index in [2.05, 4.69) is 55.3 Å². The van der Waals surface area contributed by atoms with Gasteiger partial charge in [-0.25, -0.2) is 4.79 Å². The van der Waals surface area contributed by atoms with Gasteiger partial charge in [-0.2, -0.15) is 0 Å². The monoisotopic (exact) mass is 421 g/mol. The third-order valence-electron chi connectivity index (χ3n) is 5.84. The Labute approximate surface area is 181 Å². The molecular formula is C24H27N3O2S. The van der Waals surface area contributed by atoms with Crippen LogP contribution in [0, 0.1) is 19.3 Å². The summed E-state index contributed by atoms with van der Waals surface area (Å²) in [4.78, 5) is 16.7. The van der Waals surface area contributed by atoms with Crippen LogP contribution >= 0.6 is 11.3 Å². The molecule has 1 unspecified atom stereocenters. The van der Waals surface area contributed by atoms with Crippen LogP contribution in [0.15, 0.2) is 41.8 Å². The van der Waals surface area contributed by atoms with Gasteiger partial charge in [0.2, 0.25) is 0 Å². The Morgan fingerprint density at radius 1 is 1.17 bits per heavy atom. The van der Waals surface area contributed by atoms with E-state index in [-0.39, 0.29) is 12.1 Å². The molecule has 3 aromatic rings. The number of aryl methyl sites for hydroxylation is 2. The normalized spacial score (nSPS) is 15.9. The van der Waals surface area contributed by atoms with E-state index in [1.807, 2.05) is 19.1 Å². The minimum atomic E-state index is -0.319. The van der Waals surface area contributed by atoms with Crippen molar-refractivity contribution >= 4 is 44.7 Å². The number of rotatable bonds is 3. The molecule has 0 radical (unpaired) electrons. The van der Waals surface area contributed by atoms with Crippen LogP contribution in [0.3, 0.4) is 0 Å². The molecule has 0 aliphatic carbocycles. The summed E-state index contributed by atoms with van der Waals surface area (Å²) >= 11 is 1.66. The van der Waals surface area contributed by atoms with Crippen LogP contribution in [0.4, 0.5) is 16.2 Å². The number of hydrogen-bond donors (Lipinski definition) is 1. The van der Waals surface area contributed by atoms with Gasteiger partial charge in [-0.3, -0.25) is 10.3 Å². The zero-order valence-electron chi connectivity index (χ0n) is 17.9. The van der Waals surface area contributed by atoms with Crippen molar-refractivity contribution in [2.45, 2.75) is 40.2 Å². The SMILES string of the molecule is CCOC(=O)N1c2cc(C)c(C)cc2N(C(=N)c2csc3ccccc23)CC1CC. The summed E-state index contributed by atoms with van der Waals surface area (Å²) in [5.74, 6) is 0.471. The molecule has 30 heavy (non-hydrogen) atoms.